The lowest BCUT2D eigenvalue weighted by molar-refractivity contribution is 0.432. The fourth-order valence-corrected chi connectivity index (χ4v) is 5.00. The highest BCUT2D eigenvalue weighted by Crippen LogP contribution is 2.43. The summed E-state index contributed by atoms with van der Waals surface area (Å²) in [4.78, 5) is 0. The van der Waals surface area contributed by atoms with Crippen molar-refractivity contribution in [2.75, 3.05) is 5.32 Å². The number of allylic oxidation sites excluding steroid dienone is 5. The van der Waals surface area contributed by atoms with Gasteiger partial charge in [0.15, 0.2) is 0 Å². The van der Waals surface area contributed by atoms with E-state index >= 15 is 0 Å². The Kier molecular flexibility index (Phi) is 7.17. The Morgan fingerprint density at radius 1 is 0.800 bits per heavy atom. The van der Waals surface area contributed by atoms with Gasteiger partial charge in [0.2, 0.25) is 0 Å². The summed E-state index contributed by atoms with van der Waals surface area (Å²) in [5, 5.41) is 3.72. The highest BCUT2D eigenvalue weighted by atomic mass is 15.0. The first-order chi connectivity index (χ1) is 16.7. The molecule has 4 rings (SSSR count). The van der Waals surface area contributed by atoms with Crippen LogP contribution in [-0.4, -0.2) is 0 Å². The van der Waals surface area contributed by atoms with Crippen molar-refractivity contribution in [2.24, 2.45) is 5.41 Å². The third-order valence-electron chi connectivity index (χ3n) is 7.38. The van der Waals surface area contributed by atoms with Gasteiger partial charge in [-0.25, -0.2) is 0 Å². The maximum Gasteiger partial charge on any atom is 0.0569 e. The number of hydrogen-bond acceptors (Lipinski definition) is 1. The second-order valence-electron chi connectivity index (χ2n) is 11.2. The molecular weight excluding hydrogens is 422 g/mol. The van der Waals surface area contributed by atoms with Gasteiger partial charge in [0.25, 0.3) is 0 Å². The molecule has 0 saturated carbocycles. The van der Waals surface area contributed by atoms with Crippen LogP contribution in [0.5, 0.6) is 0 Å². The summed E-state index contributed by atoms with van der Waals surface area (Å²) in [6, 6.07) is 30.4. The summed E-state index contributed by atoms with van der Waals surface area (Å²) in [6.45, 7) is 11.6. The van der Waals surface area contributed by atoms with Crippen LogP contribution in [0.25, 0.3) is 6.08 Å². The smallest absolute Gasteiger partial charge is 0.0569 e. The summed E-state index contributed by atoms with van der Waals surface area (Å²) >= 11 is 0. The highest BCUT2D eigenvalue weighted by Gasteiger charge is 2.32. The molecule has 0 spiro atoms. The number of rotatable bonds is 8. The Bertz CT molecular complexity index is 1190. The van der Waals surface area contributed by atoms with Crippen molar-refractivity contribution < 1.29 is 0 Å². The molecule has 0 radical (unpaired) electrons. The molecule has 0 amide bonds. The Morgan fingerprint density at radius 3 is 2.03 bits per heavy atom. The Balaban J connectivity index is 1.57. The Labute approximate surface area is 212 Å². The lowest BCUT2D eigenvalue weighted by Crippen LogP contribution is -2.28. The van der Waals surface area contributed by atoms with E-state index in [1.54, 1.807) is 0 Å². The number of hydrogen-bond donors (Lipinski definition) is 1. The van der Waals surface area contributed by atoms with Crippen LogP contribution in [0.4, 0.5) is 5.69 Å². The summed E-state index contributed by atoms with van der Waals surface area (Å²) in [5.74, 6) is 0. The van der Waals surface area contributed by atoms with E-state index in [1.165, 1.54) is 22.3 Å². The zero-order chi connectivity index (χ0) is 24.9. The van der Waals surface area contributed by atoms with E-state index in [4.69, 9.17) is 0 Å². The molecule has 0 saturated heterocycles. The first-order valence-corrected chi connectivity index (χ1v) is 12.7. The zero-order valence-electron chi connectivity index (χ0n) is 21.9. The predicted molar refractivity (Wildman–Crippen MR) is 153 cm³/mol. The third-order valence-corrected chi connectivity index (χ3v) is 7.38. The number of benzene rings is 3. The molecule has 1 nitrogen and oxygen atoms in total. The molecule has 3 aromatic carbocycles. The predicted octanol–water partition coefficient (Wildman–Crippen LogP) is 9.31. The first-order valence-electron chi connectivity index (χ1n) is 12.7. The molecule has 35 heavy (non-hydrogen) atoms. The summed E-state index contributed by atoms with van der Waals surface area (Å²) in [6.07, 6.45) is 13.5. The quantitative estimate of drug-likeness (QED) is 0.352. The van der Waals surface area contributed by atoms with Crippen LogP contribution in [-0.2, 0) is 11.0 Å². The van der Waals surface area contributed by atoms with Gasteiger partial charge in [-0.3, -0.25) is 0 Å². The molecule has 1 atom stereocenters. The number of anilines is 1. The van der Waals surface area contributed by atoms with Crippen molar-refractivity contribution in [1.82, 2.24) is 0 Å². The van der Waals surface area contributed by atoms with Gasteiger partial charge in [-0.1, -0.05) is 130 Å². The van der Waals surface area contributed by atoms with Crippen LogP contribution in [0.2, 0.25) is 0 Å². The van der Waals surface area contributed by atoms with Gasteiger partial charge in [0, 0.05) is 11.1 Å². The number of nitrogens with one attached hydrogen (secondary N) is 1. The molecule has 0 heterocycles. The average Bonchev–Trinajstić information content (AvgIpc) is 2.85. The zero-order valence-corrected chi connectivity index (χ0v) is 21.9. The maximum absolute atomic E-state index is 3.72. The van der Waals surface area contributed by atoms with Crippen molar-refractivity contribution in [3.05, 3.63) is 131 Å². The topological polar surface area (TPSA) is 12.0 Å². The lowest BCUT2D eigenvalue weighted by atomic mass is 9.68. The fraction of sp³-hybridized carbons (Fsp3) is 0.294. The van der Waals surface area contributed by atoms with Gasteiger partial charge >= 0.3 is 0 Å². The molecule has 1 N–H and O–H groups in total. The normalized spacial score (nSPS) is 18.5. The van der Waals surface area contributed by atoms with E-state index in [0.29, 0.717) is 0 Å². The van der Waals surface area contributed by atoms with Gasteiger partial charge in [0.05, 0.1) is 5.54 Å². The summed E-state index contributed by atoms with van der Waals surface area (Å²) in [5.41, 5.74) is 6.42. The molecule has 0 fully saturated rings. The van der Waals surface area contributed by atoms with Gasteiger partial charge in [-0.05, 0) is 60.9 Å². The van der Waals surface area contributed by atoms with Crippen molar-refractivity contribution in [2.45, 2.75) is 58.4 Å². The second-order valence-corrected chi connectivity index (χ2v) is 11.2. The van der Waals surface area contributed by atoms with E-state index in [2.05, 4.69) is 155 Å². The van der Waals surface area contributed by atoms with E-state index in [9.17, 15) is 0 Å². The SMILES string of the molecule is CC1(/C(=C\c2ccccc2)CC(C)(C)c2ccc(NC(C)(C)c3ccccc3)cc2)C=CC=CC1. The van der Waals surface area contributed by atoms with E-state index < -0.39 is 0 Å². The van der Waals surface area contributed by atoms with Crippen LogP contribution in [0.1, 0.15) is 64.2 Å². The fourth-order valence-electron chi connectivity index (χ4n) is 5.00. The van der Waals surface area contributed by atoms with Gasteiger partial charge in [-0.2, -0.15) is 0 Å². The maximum atomic E-state index is 3.72. The highest BCUT2D eigenvalue weighted by molar-refractivity contribution is 5.57. The molecule has 1 heteroatoms. The van der Waals surface area contributed by atoms with Gasteiger partial charge in [-0.15, -0.1) is 0 Å². The van der Waals surface area contributed by atoms with E-state index in [-0.39, 0.29) is 16.4 Å². The molecule has 1 unspecified atom stereocenters. The average molecular weight is 462 g/mol. The molecule has 0 bridgehead atoms. The van der Waals surface area contributed by atoms with Crippen LogP contribution in [0.15, 0.2) is 115 Å². The van der Waals surface area contributed by atoms with Crippen LogP contribution < -0.4 is 5.32 Å². The third kappa shape index (κ3) is 6.03. The standard InChI is InChI=1S/C34H39N/c1-32(2,26-30(25-27-15-9-6-10-16-27)34(5)23-13-8-14-24-34)28-19-21-31(22-20-28)35-33(3,4)29-17-11-7-12-18-29/h6-23,25,35H,24,26H2,1-5H3/b30-25-. The summed E-state index contributed by atoms with van der Waals surface area (Å²) < 4.78 is 0. The van der Waals surface area contributed by atoms with E-state index in [1.807, 2.05) is 0 Å². The Hall–Kier alpha value is -3.32. The molecule has 0 aromatic heterocycles. The monoisotopic (exact) mass is 461 g/mol. The summed E-state index contributed by atoms with van der Waals surface area (Å²) in [7, 11) is 0. The molecular formula is C34H39N. The lowest BCUT2D eigenvalue weighted by Gasteiger charge is -2.36. The second kappa shape index (κ2) is 10.1. The Morgan fingerprint density at radius 2 is 1.43 bits per heavy atom. The van der Waals surface area contributed by atoms with Crippen molar-refractivity contribution in [1.29, 1.82) is 0 Å². The van der Waals surface area contributed by atoms with E-state index in [0.717, 1.165) is 18.5 Å². The van der Waals surface area contributed by atoms with Crippen LogP contribution in [0, 0.1) is 5.41 Å². The molecule has 180 valence electrons. The van der Waals surface area contributed by atoms with Gasteiger partial charge < -0.3 is 5.32 Å². The van der Waals surface area contributed by atoms with Crippen LogP contribution in [0.3, 0.4) is 0 Å². The first kappa shape index (κ1) is 24.8. The molecule has 1 aliphatic carbocycles. The molecule has 1 aliphatic rings. The van der Waals surface area contributed by atoms with Crippen molar-refractivity contribution in [3.63, 3.8) is 0 Å². The minimum absolute atomic E-state index is 0.00605. The molecule has 0 aliphatic heterocycles. The molecule has 3 aromatic rings. The minimum Gasteiger partial charge on any atom is -0.376 e. The van der Waals surface area contributed by atoms with Gasteiger partial charge in [0.1, 0.15) is 0 Å². The van der Waals surface area contributed by atoms with Crippen molar-refractivity contribution >= 4 is 11.8 Å². The van der Waals surface area contributed by atoms with Crippen LogP contribution >= 0.6 is 0 Å². The minimum atomic E-state index is -0.140. The van der Waals surface area contributed by atoms with Crippen molar-refractivity contribution in [3.8, 4) is 0 Å². The largest absolute Gasteiger partial charge is 0.376 e.